The minimum atomic E-state index is -0.0121. The lowest BCUT2D eigenvalue weighted by atomic mass is 9.82. The molecule has 0 nitrogen and oxygen atoms in total. The van der Waals surface area contributed by atoms with Gasteiger partial charge in [0.1, 0.15) is 0 Å². The highest BCUT2D eigenvalue weighted by molar-refractivity contribution is 5.95. The molecule has 230 valence electrons. The Morgan fingerprint density at radius 1 is 0.271 bits per heavy atom. The predicted molar refractivity (Wildman–Crippen MR) is 203 cm³/mol. The first-order valence-corrected chi connectivity index (χ1v) is 17.1. The second-order valence-corrected chi connectivity index (χ2v) is 14.5. The van der Waals surface area contributed by atoms with Gasteiger partial charge >= 0.3 is 0 Å². The van der Waals surface area contributed by atoms with E-state index in [-0.39, 0.29) is 10.8 Å². The Morgan fingerprint density at radius 3 is 0.979 bits per heavy atom. The van der Waals surface area contributed by atoms with Gasteiger partial charge in [-0.1, -0.05) is 167 Å². The van der Waals surface area contributed by atoms with E-state index in [9.17, 15) is 0 Å². The number of rotatable bonds is 4. The molecule has 7 aromatic rings. The molecule has 0 saturated carbocycles. The summed E-state index contributed by atoms with van der Waals surface area (Å²) in [6.07, 6.45) is 0. The summed E-state index contributed by atoms with van der Waals surface area (Å²) in [5.74, 6) is 0. The predicted octanol–water partition coefficient (Wildman–Crippen LogP) is 13.0. The Labute approximate surface area is 284 Å². The van der Waals surface area contributed by atoms with Crippen LogP contribution in [0.3, 0.4) is 0 Å². The van der Waals surface area contributed by atoms with Gasteiger partial charge in [-0.15, -0.1) is 0 Å². The van der Waals surface area contributed by atoms with Crippen molar-refractivity contribution in [1.29, 1.82) is 0 Å². The summed E-state index contributed by atoms with van der Waals surface area (Å²) < 4.78 is 0. The van der Waals surface area contributed by atoms with Crippen molar-refractivity contribution in [3.63, 3.8) is 0 Å². The van der Waals surface area contributed by atoms with Gasteiger partial charge in [0, 0.05) is 10.8 Å². The van der Waals surface area contributed by atoms with Crippen molar-refractivity contribution in [2.45, 2.75) is 38.5 Å². The molecule has 0 aromatic heterocycles. The monoisotopic (exact) mass is 614 g/mol. The van der Waals surface area contributed by atoms with Gasteiger partial charge in [-0.25, -0.2) is 0 Å². The van der Waals surface area contributed by atoms with Crippen LogP contribution in [0.15, 0.2) is 158 Å². The zero-order chi connectivity index (χ0) is 32.6. The van der Waals surface area contributed by atoms with Gasteiger partial charge in [0.15, 0.2) is 0 Å². The zero-order valence-electron chi connectivity index (χ0n) is 28.0. The molecule has 2 aliphatic carbocycles. The van der Waals surface area contributed by atoms with E-state index in [4.69, 9.17) is 0 Å². The van der Waals surface area contributed by atoms with Gasteiger partial charge in [0.25, 0.3) is 0 Å². The lowest BCUT2D eigenvalue weighted by Gasteiger charge is -2.21. The van der Waals surface area contributed by atoms with E-state index < -0.39 is 0 Å². The molecule has 0 heteroatoms. The molecule has 0 unspecified atom stereocenters. The summed E-state index contributed by atoms with van der Waals surface area (Å²) in [7, 11) is 0. The summed E-state index contributed by atoms with van der Waals surface area (Å²) >= 11 is 0. The first-order valence-electron chi connectivity index (χ1n) is 17.1. The lowest BCUT2D eigenvalue weighted by molar-refractivity contribution is 0.660. The van der Waals surface area contributed by atoms with Gasteiger partial charge in [0.05, 0.1) is 0 Å². The van der Waals surface area contributed by atoms with E-state index in [0.29, 0.717) is 0 Å². The quantitative estimate of drug-likeness (QED) is 0.185. The van der Waals surface area contributed by atoms with Crippen molar-refractivity contribution in [3.05, 3.63) is 180 Å². The molecule has 0 bridgehead atoms. The van der Waals surface area contributed by atoms with Crippen LogP contribution < -0.4 is 0 Å². The fraction of sp³-hybridized carbons (Fsp3) is 0.125. The van der Waals surface area contributed by atoms with E-state index >= 15 is 0 Å². The Balaban J connectivity index is 1.11. The molecule has 0 N–H and O–H groups in total. The molecular weight excluding hydrogens is 577 g/mol. The fourth-order valence-electron chi connectivity index (χ4n) is 8.60. The van der Waals surface area contributed by atoms with Crippen LogP contribution in [0, 0.1) is 0 Å². The average molecular weight is 615 g/mol. The summed E-state index contributed by atoms with van der Waals surface area (Å²) in [5.41, 5.74) is 21.1. The van der Waals surface area contributed by atoms with E-state index in [1.54, 1.807) is 0 Å². The average Bonchev–Trinajstić information content (AvgIpc) is 3.52. The van der Waals surface area contributed by atoms with E-state index in [0.717, 1.165) is 0 Å². The number of benzene rings is 7. The van der Waals surface area contributed by atoms with Crippen LogP contribution >= 0.6 is 0 Å². The van der Waals surface area contributed by atoms with Gasteiger partial charge in [-0.2, -0.15) is 0 Å². The highest BCUT2D eigenvalue weighted by Gasteiger charge is 2.37. The minimum Gasteiger partial charge on any atom is -0.0619 e. The topological polar surface area (TPSA) is 0 Å². The Morgan fingerprint density at radius 2 is 0.562 bits per heavy atom. The van der Waals surface area contributed by atoms with E-state index in [2.05, 4.69) is 185 Å². The third-order valence-electron chi connectivity index (χ3n) is 11.1. The van der Waals surface area contributed by atoms with Crippen LogP contribution in [-0.2, 0) is 10.8 Å². The smallest absolute Gasteiger partial charge is 0.0159 e. The van der Waals surface area contributed by atoms with Gasteiger partial charge in [-0.3, -0.25) is 0 Å². The first kappa shape index (κ1) is 28.7. The van der Waals surface area contributed by atoms with Crippen LogP contribution in [0.1, 0.15) is 49.9 Å². The SMILES string of the molecule is CC1(C)c2ccccc2-c2c(-c3cccc(-c4cccc(-c5cccc(-c6cccc7c6-c6ccccc6C7(C)C)c5)c4)c3)cccc21. The first-order chi connectivity index (χ1) is 23.3. The standard InChI is InChI=1S/C48H38/c1-47(2)41-24-7-5-20-39(41)45-37(22-12-26-43(45)47)35-18-10-16-33(29-35)31-14-9-15-32(28-31)34-17-11-19-36(30-34)38-23-13-27-44-46(38)40-21-6-8-25-42(40)48(44,3)4/h5-30H,1-4H3. The maximum Gasteiger partial charge on any atom is 0.0159 e. The molecule has 2 aliphatic rings. The second-order valence-electron chi connectivity index (χ2n) is 14.5. The molecule has 0 spiro atoms. The Kier molecular flexibility index (Phi) is 6.30. The Hall–Kier alpha value is -5.46. The molecular formula is C48H38. The molecule has 7 aromatic carbocycles. The number of hydrogen-bond donors (Lipinski definition) is 0. The molecule has 0 aliphatic heterocycles. The second kappa shape index (κ2) is 10.5. The Bertz CT molecular complexity index is 2230. The number of hydrogen-bond acceptors (Lipinski definition) is 0. The van der Waals surface area contributed by atoms with E-state index in [1.807, 2.05) is 0 Å². The summed E-state index contributed by atoms with van der Waals surface area (Å²) in [6, 6.07) is 58.7. The maximum absolute atomic E-state index is 2.37. The van der Waals surface area contributed by atoms with Crippen LogP contribution in [0.25, 0.3) is 66.8 Å². The third kappa shape index (κ3) is 4.22. The van der Waals surface area contributed by atoms with Crippen LogP contribution in [0.4, 0.5) is 0 Å². The molecule has 0 fully saturated rings. The van der Waals surface area contributed by atoms with Crippen molar-refractivity contribution in [3.8, 4) is 66.8 Å². The highest BCUT2D eigenvalue weighted by Crippen LogP contribution is 2.53. The van der Waals surface area contributed by atoms with Crippen LogP contribution in [0.5, 0.6) is 0 Å². The minimum absolute atomic E-state index is 0.0121. The molecule has 0 atom stereocenters. The van der Waals surface area contributed by atoms with Gasteiger partial charge in [0.2, 0.25) is 0 Å². The van der Waals surface area contributed by atoms with Crippen molar-refractivity contribution in [1.82, 2.24) is 0 Å². The maximum atomic E-state index is 2.37. The summed E-state index contributed by atoms with van der Waals surface area (Å²) in [4.78, 5) is 0. The molecule has 48 heavy (non-hydrogen) atoms. The van der Waals surface area contributed by atoms with Gasteiger partial charge in [-0.05, 0) is 107 Å². The van der Waals surface area contributed by atoms with Crippen molar-refractivity contribution in [2.75, 3.05) is 0 Å². The number of fused-ring (bicyclic) bond motifs is 6. The molecule has 0 radical (unpaired) electrons. The van der Waals surface area contributed by atoms with Crippen molar-refractivity contribution >= 4 is 0 Å². The molecule has 0 heterocycles. The fourth-order valence-corrected chi connectivity index (χ4v) is 8.60. The summed E-state index contributed by atoms with van der Waals surface area (Å²) in [6.45, 7) is 9.40. The van der Waals surface area contributed by atoms with Crippen molar-refractivity contribution < 1.29 is 0 Å². The summed E-state index contributed by atoms with van der Waals surface area (Å²) in [5, 5.41) is 0. The molecule has 9 rings (SSSR count). The van der Waals surface area contributed by atoms with Crippen molar-refractivity contribution in [2.24, 2.45) is 0 Å². The van der Waals surface area contributed by atoms with Crippen LogP contribution in [0.2, 0.25) is 0 Å². The highest BCUT2D eigenvalue weighted by atomic mass is 14.4. The largest absolute Gasteiger partial charge is 0.0619 e. The van der Waals surface area contributed by atoms with E-state index in [1.165, 1.54) is 89.0 Å². The van der Waals surface area contributed by atoms with Gasteiger partial charge < -0.3 is 0 Å². The third-order valence-corrected chi connectivity index (χ3v) is 11.1. The zero-order valence-corrected chi connectivity index (χ0v) is 28.0. The lowest BCUT2D eigenvalue weighted by Crippen LogP contribution is -2.14. The normalized spacial score (nSPS) is 14.6. The van der Waals surface area contributed by atoms with Crippen LogP contribution in [-0.4, -0.2) is 0 Å². The molecule has 0 saturated heterocycles. The molecule has 0 amide bonds.